The molecule has 1 aromatic heterocycles. The molecule has 3 N–H and O–H groups in total. The number of nitrogens with zero attached hydrogens (tertiary/aromatic N) is 1. The topological polar surface area (TPSA) is 77.2 Å². The lowest BCUT2D eigenvalue weighted by Crippen LogP contribution is -2.37. The van der Waals surface area contributed by atoms with E-state index in [4.69, 9.17) is 10.5 Å². The van der Waals surface area contributed by atoms with Gasteiger partial charge in [-0.3, -0.25) is 9.78 Å². The van der Waals surface area contributed by atoms with Crippen molar-refractivity contribution in [1.82, 2.24) is 10.3 Å². The third-order valence-electron chi connectivity index (χ3n) is 3.05. The number of hydrogen-bond donors (Lipinski definition) is 2. The summed E-state index contributed by atoms with van der Waals surface area (Å²) < 4.78 is 5.41. The van der Waals surface area contributed by atoms with Gasteiger partial charge in [-0.2, -0.15) is 0 Å². The Hall–Kier alpha value is -1.62. The number of hydrogen-bond acceptors (Lipinski definition) is 4. The van der Waals surface area contributed by atoms with Crippen LogP contribution in [-0.4, -0.2) is 29.6 Å². The largest absolute Gasteiger partial charge is 0.482 e. The van der Waals surface area contributed by atoms with Crippen molar-refractivity contribution >= 4 is 5.91 Å². The van der Waals surface area contributed by atoms with Crippen LogP contribution in [-0.2, 0) is 11.2 Å². The summed E-state index contributed by atoms with van der Waals surface area (Å²) in [7, 11) is 0. The third-order valence-corrected chi connectivity index (χ3v) is 3.05. The summed E-state index contributed by atoms with van der Waals surface area (Å²) in [5, 5.41) is 2.92. The highest BCUT2D eigenvalue weighted by atomic mass is 16.5. The van der Waals surface area contributed by atoms with Crippen LogP contribution in [0.3, 0.4) is 0 Å². The maximum Gasteiger partial charge on any atom is 0.258 e. The number of rotatable bonds is 8. The third kappa shape index (κ3) is 6.02. The Labute approximate surface area is 120 Å². The molecule has 0 bridgehead atoms. The van der Waals surface area contributed by atoms with Gasteiger partial charge >= 0.3 is 0 Å². The second-order valence-corrected chi connectivity index (χ2v) is 5.04. The highest BCUT2D eigenvalue weighted by molar-refractivity contribution is 5.77. The van der Waals surface area contributed by atoms with Crippen LogP contribution in [0, 0.1) is 0 Å². The molecular formula is C15H25N3O2. The number of pyridine rings is 1. The first kappa shape index (κ1) is 16.4. The Balaban J connectivity index is 2.39. The Morgan fingerprint density at radius 1 is 1.40 bits per heavy atom. The minimum atomic E-state index is -0.0987. The molecule has 20 heavy (non-hydrogen) atoms. The molecule has 0 saturated heterocycles. The van der Waals surface area contributed by atoms with Gasteiger partial charge in [0.15, 0.2) is 6.61 Å². The average molecular weight is 279 g/mol. The van der Waals surface area contributed by atoms with E-state index in [-0.39, 0.29) is 24.6 Å². The van der Waals surface area contributed by atoms with Crippen LogP contribution in [0.5, 0.6) is 5.75 Å². The molecule has 1 rings (SSSR count). The van der Waals surface area contributed by atoms with Crippen molar-refractivity contribution in [2.75, 3.05) is 6.61 Å². The number of aromatic nitrogens is 1. The van der Waals surface area contributed by atoms with Crippen molar-refractivity contribution in [3.63, 3.8) is 0 Å². The fraction of sp³-hybridized carbons (Fsp3) is 0.600. The zero-order valence-electron chi connectivity index (χ0n) is 12.6. The summed E-state index contributed by atoms with van der Waals surface area (Å²) in [6.07, 6.45) is 4.21. The van der Waals surface area contributed by atoms with Crippen molar-refractivity contribution in [1.29, 1.82) is 0 Å². The van der Waals surface area contributed by atoms with Crippen LogP contribution >= 0.6 is 0 Å². The highest BCUT2D eigenvalue weighted by Gasteiger charge is 2.09. The Kier molecular flexibility index (Phi) is 7.01. The van der Waals surface area contributed by atoms with Crippen LogP contribution in [0.15, 0.2) is 18.3 Å². The molecule has 112 valence electrons. The smallest absolute Gasteiger partial charge is 0.258 e. The normalized spacial score (nSPS) is 12.2. The summed E-state index contributed by atoms with van der Waals surface area (Å²) >= 11 is 0. The van der Waals surface area contributed by atoms with E-state index in [0.717, 1.165) is 25.0 Å². The van der Waals surface area contributed by atoms with E-state index >= 15 is 0 Å². The number of carbonyl (C=O) groups excluding carboxylic acids is 1. The number of ether oxygens (including phenoxy) is 1. The van der Waals surface area contributed by atoms with Crippen molar-refractivity contribution in [3.05, 3.63) is 24.0 Å². The number of nitrogens with one attached hydrogen (secondary N) is 1. The predicted molar refractivity (Wildman–Crippen MR) is 79.6 cm³/mol. The zero-order valence-corrected chi connectivity index (χ0v) is 12.6. The van der Waals surface area contributed by atoms with Crippen LogP contribution in [0.2, 0.25) is 0 Å². The van der Waals surface area contributed by atoms with Crippen LogP contribution in [0.25, 0.3) is 0 Å². The quantitative estimate of drug-likeness (QED) is 0.758. The molecule has 1 aromatic rings. The minimum Gasteiger partial charge on any atom is -0.482 e. The first-order valence-corrected chi connectivity index (χ1v) is 7.17. The molecule has 0 aliphatic heterocycles. The first-order valence-electron chi connectivity index (χ1n) is 7.17. The van der Waals surface area contributed by atoms with E-state index in [9.17, 15) is 4.79 Å². The van der Waals surface area contributed by atoms with Gasteiger partial charge < -0.3 is 15.8 Å². The maximum atomic E-state index is 11.7. The van der Waals surface area contributed by atoms with Crippen molar-refractivity contribution in [3.8, 4) is 5.75 Å². The second-order valence-electron chi connectivity index (χ2n) is 5.04. The molecule has 1 amide bonds. The molecule has 5 nitrogen and oxygen atoms in total. The molecular weight excluding hydrogens is 254 g/mol. The average Bonchev–Trinajstić information content (AvgIpc) is 2.43. The number of amides is 1. The Morgan fingerprint density at radius 2 is 2.10 bits per heavy atom. The lowest BCUT2D eigenvalue weighted by Gasteiger charge is -2.15. The standard InChI is InChI=1S/C15H25N3O2/c1-4-12(5-2)18-15(19)10-20-14-7-6-13(17-9-14)8-11(3)16/h6-7,9,11-12H,4-5,8,10,16H2,1-3H3,(H,18,19). The Bertz CT molecular complexity index is 400. The van der Waals surface area contributed by atoms with Gasteiger partial charge in [-0.1, -0.05) is 13.8 Å². The molecule has 1 atom stereocenters. The predicted octanol–water partition coefficient (Wildman–Crippen LogP) is 1.65. The minimum absolute atomic E-state index is 0.0187. The molecule has 5 heteroatoms. The SMILES string of the molecule is CCC(CC)NC(=O)COc1ccc(CC(C)N)nc1. The van der Waals surface area contributed by atoms with E-state index in [1.807, 2.05) is 19.1 Å². The molecule has 0 fully saturated rings. The molecule has 0 aromatic carbocycles. The van der Waals surface area contributed by atoms with Crippen molar-refractivity contribution in [2.24, 2.45) is 5.73 Å². The fourth-order valence-corrected chi connectivity index (χ4v) is 1.86. The Morgan fingerprint density at radius 3 is 2.60 bits per heavy atom. The summed E-state index contributed by atoms with van der Waals surface area (Å²) in [5.41, 5.74) is 6.63. The molecule has 0 saturated carbocycles. The van der Waals surface area contributed by atoms with Gasteiger partial charge in [-0.25, -0.2) is 0 Å². The van der Waals surface area contributed by atoms with Crippen LogP contribution < -0.4 is 15.8 Å². The van der Waals surface area contributed by atoms with Gasteiger partial charge in [0, 0.05) is 24.2 Å². The van der Waals surface area contributed by atoms with Gasteiger partial charge in [0.25, 0.3) is 5.91 Å². The lowest BCUT2D eigenvalue weighted by atomic mass is 10.2. The molecule has 0 spiro atoms. The van der Waals surface area contributed by atoms with Crippen LogP contribution in [0.1, 0.15) is 39.3 Å². The van der Waals surface area contributed by atoms with Crippen molar-refractivity contribution < 1.29 is 9.53 Å². The summed E-state index contributed by atoms with van der Waals surface area (Å²) in [5.74, 6) is 0.497. The lowest BCUT2D eigenvalue weighted by molar-refractivity contribution is -0.123. The van der Waals surface area contributed by atoms with Gasteiger partial charge in [-0.15, -0.1) is 0 Å². The highest BCUT2D eigenvalue weighted by Crippen LogP contribution is 2.10. The van der Waals surface area contributed by atoms with Gasteiger partial charge in [0.2, 0.25) is 0 Å². The van der Waals surface area contributed by atoms with Gasteiger partial charge in [0.05, 0.1) is 6.20 Å². The van der Waals surface area contributed by atoms with E-state index in [1.54, 1.807) is 6.20 Å². The molecule has 1 unspecified atom stereocenters. The molecule has 0 aliphatic carbocycles. The zero-order chi connectivity index (χ0) is 15.0. The second kappa shape index (κ2) is 8.53. The molecule has 0 aliphatic rings. The number of carbonyl (C=O) groups is 1. The van der Waals surface area contributed by atoms with Crippen LogP contribution in [0.4, 0.5) is 0 Å². The summed E-state index contributed by atoms with van der Waals surface area (Å²) in [6, 6.07) is 3.99. The van der Waals surface area contributed by atoms with E-state index in [1.165, 1.54) is 0 Å². The fourth-order valence-electron chi connectivity index (χ4n) is 1.86. The summed E-state index contributed by atoms with van der Waals surface area (Å²) in [4.78, 5) is 15.9. The van der Waals surface area contributed by atoms with Gasteiger partial charge in [0.1, 0.15) is 5.75 Å². The molecule has 0 radical (unpaired) electrons. The van der Waals surface area contributed by atoms with E-state index in [0.29, 0.717) is 5.75 Å². The van der Waals surface area contributed by atoms with Gasteiger partial charge in [-0.05, 0) is 31.9 Å². The summed E-state index contributed by atoms with van der Waals surface area (Å²) in [6.45, 7) is 6.06. The first-order chi connectivity index (χ1) is 9.55. The number of nitrogens with two attached hydrogens (primary N) is 1. The van der Waals surface area contributed by atoms with E-state index < -0.39 is 0 Å². The van der Waals surface area contributed by atoms with Crippen molar-refractivity contribution in [2.45, 2.75) is 52.1 Å². The molecule has 1 heterocycles. The van der Waals surface area contributed by atoms with E-state index in [2.05, 4.69) is 24.1 Å². The maximum absolute atomic E-state index is 11.7. The monoisotopic (exact) mass is 279 g/mol.